The normalized spacial score (nSPS) is 25.0. The second-order valence-corrected chi connectivity index (χ2v) is 6.78. The van der Waals surface area contributed by atoms with Gasteiger partial charge in [-0.25, -0.2) is 0 Å². The Morgan fingerprint density at radius 1 is 0.875 bits per heavy atom. The number of rotatable bonds is 3. The first-order valence-corrected chi connectivity index (χ1v) is 9.13. The lowest BCUT2D eigenvalue weighted by Crippen LogP contribution is -2.54. The molecular weight excluding hydrogens is 294 g/mol. The zero-order valence-corrected chi connectivity index (χ0v) is 14.5. The smallest absolute Gasteiger partial charge is 0.153 e. The minimum atomic E-state index is 0.280. The summed E-state index contributed by atoms with van der Waals surface area (Å²) in [6, 6.07) is 21.3. The van der Waals surface area contributed by atoms with Gasteiger partial charge in [0, 0.05) is 5.92 Å². The maximum atomic E-state index is 11.6. The van der Waals surface area contributed by atoms with Crippen LogP contribution < -0.4 is 0 Å². The molecule has 0 radical (unpaired) electrons. The van der Waals surface area contributed by atoms with Crippen molar-refractivity contribution in [3.05, 3.63) is 71.8 Å². The topological polar surface area (TPSA) is 20.3 Å². The first-order chi connectivity index (χ1) is 11.8. The van der Waals surface area contributed by atoms with Crippen LogP contribution in [0.2, 0.25) is 0 Å². The molecule has 3 fully saturated rings. The van der Waals surface area contributed by atoms with E-state index in [9.17, 15) is 4.79 Å². The maximum Gasteiger partial charge on any atom is 0.153 e. The van der Waals surface area contributed by atoms with Gasteiger partial charge in [0.2, 0.25) is 0 Å². The van der Waals surface area contributed by atoms with E-state index in [0.29, 0.717) is 11.7 Å². The number of fused-ring (bicyclic) bond motifs is 3. The van der Waals surface area contributed by atoms with Crippen molar-refractivity contribution in [2.45, 2.75) is 38.6 Å². The van der Waals surface area contributed by atoms with Crippen LogP contribution in [0, 0.1) is 5.92 Å². The molecule has 0 aliphatic carbocycles. The molecule has 0 saturated carbocycles. The Labute approximate surface area is 145 Å². The summed E-state index contributed by atoms with van der Waals surface area (Å²) in [6.45, 7) is 4.44. The molecule has 2 nitrogen and oxygen atoms in total. The first-order valence-electron chi connectivity index (χ1n) is 9.13. The molecule has 0 spiro atoms. The molecule has 3 heterocycles. The number of hydrogen-bond acceptors (Lipinski definition) is 2. The number of hydrogen-bond donors (Lipinski definition) is 0. The number of carbonyl (C=O) groups excluding carboxylic acids is 1. The highest BCUT2D eigenvalue weighted by Crippen LogP contribution is 2.29. The summed E-state index contributed by atoms with van der Waals surface area (Å²) in [5.41, 5.74) is 2.74. The summed E-state index contributed by atoms with van der Waals surface area (Å²) in [5.74, 6) is 0.940. The van der Waals surface area contributed by atoms with Crippen LogP contribution in [0.3, 0.4) is 0 Å². The van der Waals surface area contributed by atoms with Crippen molar-refractivity contribution in [3.8, 4) is 0 Å². The van der Waals surface area contributed by atoms with E-state index in [1.807, 2.05) is 0 Å². The molecule has 3 aliphatic rings. The summed E-state index contributed by atoms with van der Waals surface area (Å²) < 4.78 is 0. The van der Waals surface area contributed by atoms with Gasteiger partial charge in [0.25, 0.3) is 0 Å². The molecule has 0 N–H and O–H groups in total. The van der Waals surface area contributed by atoms with Gasteiger partial charge in [-0.15, -0.1) is 0 Å². The molecule has 2 aromatic rings. The zero-order chi connectivity index (χ0) is 16.8. The van der Waals surface area contributed by atoms with Crippen LogP contribution in [0.5, 0.6) is 0 Å². The highest BCUT2D eigenvalue weighted by molar-refractivity contribution is 5.87. The lowest BCUT2D eigenvalue weighted by Gasteiger charge is -2.43. The molecule has 3 aliphatic heterocycles. The van der Waals surface area contributed by atoms with Gasteiger partial charge < -0.3 is 0 Å². The van der Waals surface area contributed by atoms with Gasteiger partial charge >= 0.3 is 0 Å². The first kappa shape index (κ1) is 16.9. The second-order valence-electron chi connectivity index (χ2n) is 6.78. The molecule has 1 atom stereocenters. The Balaban J connectivity index is 0.000000143. The van der Waals surface area contributed by atoms with Crippen LogP contribution in [0.1, 0.15) is 37.3 Å². The average molecular weight is 321 g/mol. The van der Waals surface area contributed by atoms with Crippen molar-refractivity contribution < 1.29 is 4.79 Å². The lowest BCUT2D eigenvalue weighted by molar-refractivity contribution is -0.137. The van der Waals surface area contributed by atoms with Gasteiger partial charge in [0.05, 0.1) is 6.04 Å². The van der Waals surface area contributed by atoms with Crippen LogP contribution in [0.25, 0.3) is 0 Å². The zero-order valence-electron chi connectivity index (χ0n) is 14.5. The van der Waals surface area contributed by atoms with Crippen molar-refractivity contribution >= 4 is 5.78 Å². The van der Waals surface area contributed by atoms with E-state index >= 15 is 0 Å². The van der Waals surface area contributed by atoms with E-state index in [0.717, 1.165) is 38.8 Å². The number of carbonyl (C=O) groups is 1. The third-order valence-corrected chi connectivity index (χ3v) is 5.18. The minimum absolute atomic E-state index is 0.280. The standard InChI is InChI=1S/C13H12.C9H15NO/c1-3-7-12(8-4-1)11-13-9-5-2-6-10-13;1-2-8-9(11)7-3-5-10(8)6-4-7/h1-10H,11H2;7-8H,2-6H2,1H3. The summed E-state index contributed by atoms with van der Waals surface area (Å²) in [4.78, 5) is 13.9. The summed E-state index contributed by atoms with van der Waals surface area (Å²) in [6.07, 6.45) is 4.28. The SMILES string of the molecule is CCC1C(=O)C2CCN1CC2.c1ccc(Cc2ccccc2)cc1. The summed E-state index contributed by atoms with van der Waals surface area (Å²) in [5, 5.41) is 0. The Kier molecular flexibility index (Phi) is 5.81. The van der Waals surface area contributed by atoms with Gasteiger partial charge in [-0.05, 0) is 49.9 Å². The molecule has 24 heavy (non-hydrogen) atoms. The fourth-order valence-electron chi connectivity index (χ4n) is 3.83. The van der Waals surface area contributed by atoms with Crippen molar-refractivity contribution in [2.24, 2.45) is 5.92 Å². The summed E-state index contributed by atoms with van der Waals surface area (Å²) in [7, 11) is 0. The number of benzene rings is 2. The number of Topliss-reactive ketones (excluding diaryl/α,β-unsaturated/α-hetero) is 1. The van der Waals surface area contributed by atoms with Crippen LogP contribution in [0.4, 0.5) is 0 Å². The van der Waals surface area contributed by atoms with E-state index < -0.39 is 0 Å². The molecule has 0 amide bonds. The number of nitrogens with zero attached hydrogens (tertiary/aromatic N) is 1. The number of piperidine rings is 3. The molecule has 2 heteroatoms. The Bertz CT molecular complexity index is 592. The fourth-order valence-corrected chi connectivity index (χ4v) is 3.83. The number of ketones is 1. The van der Waals surface area contributed by atoms with Crippen molar-refractivity contribution in [1.82, 2.24) is 4.90 Å². The predicted molar refractivity (Wildman–Crippen MR) is 99.1 cm³/mol. The van der Waals surface area contributed by atoms with E-state index in [1.54, 1.807) is 0 Å². The maximum absolute atomic E-state index is 11.6. The molecule has 2 bridgehead atoms. The molecule has 1 unspecified atom stereocenters. The van der Waals surface area contributed by atoms with Crippen LogP contribution in [0.15, 0.2) is 60.7 Å². The van der Waals surface area contributed by atoms with Crippen molar-refractivity contribution in [3.63, 3.8) is 0 Å². The Hall–Kier alpha value is -1.93. The average Bonchev–Trinajstić information content (AvgIpc) is 2.65. The minimum Gasteiger partial charge on any atom is -0.298 e. The molecule has 0 aromatic heterocycles. The van der Waals surface area contributed by atoms with E-state index in [4.69, 9.17) is 0 Å². The van der Waals surface area contributed by atoms with Crippen molar-refractivity contribution in [2.75, 3.05) is 13.1 Å². The summed E-state index contributed by atoms with van der Waals surface area (Å²) >= 11 is 0. The highest BCUT2D eigenvalue weighted by Gasteiger charge is 2.39. The monoisotopic (exact) mass is 321 g/mol. The van der Waals surface area contributed by atoms with Gasteiger partial charge in [0.15, 0.2) is 5.78 Å². The van der Waals surface area contributed by atoms with E-state index in [2.05, 4.69) is 72.5 Å². The molecular formula is C22H27NO. The van der Waals surface area contributed by atoms with Crippen LogP contribution in [-0.2, 0) is 11.2 Å². The largest absolute Gasteiger partial charge is 0.298 e. The Morgan fingerprint density at radius 3 is 1.75 bits per heavy atom. The highest BCUT2D eigenvalue weighted by atomic mass is 16.1. The van der Waals surface area contributed by atoms with Crippen LogP contribution in [-0.4, -0.2) is 29.8 Å². The second kappa shape index (κ2) is 8.25. The Morgan fingerprint density at radius 2 is 1.38 bits per heavy atom. The van der Waals surface area contributed by atoms with Gasteiger partial charge in [0.1, 0.15) is 0 Å². The lowest BCUT2D eigenvalue weighted by atomic mass is 9.81. The van der Waals surface area contributed by atoms with Crippen LogP contribution >= 0.6 is 0 Å². The van der Waals surface area contributed by atoms with Crippen molar-refractivity contribution in [1.29, 1.82) is 0 Å². The molecule has 2 aromatic carbocycles. The quantitative estimate of drug-likeness (QED) is 0.838. The molecule has 3 saturated heterocycles. The molecule has 126 valence electrons. The third kappa shape index (κ3) is 4.12. The third-order valence-electron chi connectivity index (χ3n) is 5.18. The van der Waals surface area contributed by atoms with E-state index in [-0.39, 0.29) is 6.04 Å². The van der Waals surface area contributed by atoms with E-state index in [1.165, 1.54) is 11.1 Å². The van der Waals surface area contributed by atoms with Gasteiger partial charge in [-0.2, -0.15) is 0 Å². The van der Waals surface area contributed by atoms with Gasteiger partial charge in [-0.1, -0.05) is 67.6 Å². The fraction of sp³-hybridized carbons (Fsp3) is 0.409. The molecule has 5 rings (SSSR count). The van der Waals surface area contributed by atoms with Gasteiger partial charge in [-0.3, -0.25) is 9.69 Å². The predicted octanol–water partition coefficient (Wildman–Crippen LogP) is 4.34.